The lowest BCUT2D eigenvalue weighted by Gasteiger charge is -2.17. The third-order valence-electron chi connectivity index (χ3n) is 2.66. The van der Waals surface area contributed by atoms with Gasteiger partial charge in [0.15, 0.2) is 0 Å². The van der Waals surface area contributed by atoms with Crippen molar-refractivity contribution in [2.45, 2.75) is 30.5 Å². The number of hydrogen-bond acceptors (Lipinski definition) is 2. The highest BCUT2D eigenvalue weighted by Crippen LogP contribution is 2.21. The van der Waals surface area contributed by atoms with E-state index < -0.39 is 15.8 Å². The SMILES string of the molecule is CCCCN(C)S(=O)(=O)c1cc(CCl)ccc1F. The minimum Gasteiger partial charge on any atom is -0.207 e. The highest BCUT2D eigenvalue weighted by atomic mass is 35.5. The van der Waals surface area contributed by atoms with E-state index in [2.05, 4.69) is 0 Å². The van der Waals surface area contributed by atoms with Crippen LogP contribution in [0.25, 0.3) is 0 Å². The molecule has 0 saturated carbocycles. The van der Waals surface area contributed by atoms with Gasteiger partial charge in [0, 0.05) is 19.5 Å². The molecule has 0 fully saturated rings. The molecule has 0 amide bonds. The molecule has 6 heteroatoms. The predicted octanol–water partition coefficient (Wildman–Crippen LogP) is 2.99. The van der Waals surface area contributed by atoms with Crippen LogP contribution in [0.1, 0.15) is 25.3 Å². The normalized spacial score (nSPS) is 12.1. The maximum absolute atomic E-state index is 13.6. The number of halogens is 2. The molecule has 0 aliphatic heterocycles. The molecule has 0 bridgehead atoms. The van der Waals surface area contributed by atoms with Gasteiger partial charge >= 0.3 is 0 Å². The maximum Gasteiger partial charge on any atom is 0.245 e. The van der Waals surface area contributed by atoms with Crippen molar-refractivity contribution in [2.75, 3.05) is 13.6 Å². The molecule has 1 rings (SSSR count). The second kappa shape index (κ2) is 6.50. The summed E-state index contributed by atoms with van der Waals surface area (Å²) in [7, 11) is -2.32. The molecule has 0 aliphatic rings. The Bertz CT molecular complexity index is 505. The molecule has 1 aromatic rings. The second-order valence-electron chi connectivity index (χ2n) is 4.08. The first-order chi connectivity index (χ1) is 8.43. The van der Waals surface area contributed by atoms with Crippen LogP contribution in [0.15, 0.2) is 23.1 Å². The molecule has 0 saturated heterocycles. The van der Waals surface area contributed by atoms with E-state index in [0.29, 0.717) is 12.1 Å². The Hall–Kier alpha value is -0.650. The van der Waals surface area contributed by atoms with Crippen LogP contribution in [-0.4, -0.2) is 26.3 Å². The molecule has 0 atom stereocenters. The molecule has 0 radical (unpaired) electrons. The van der Waals surface area contributed by atoms with Gasteiger partial charge in [0.25, 0.3) is 0 Å². The third kappa shape index (κ3) is 3.43. The van der Waals surface area contributed by atoms with E-state index in [0.717, 1.165) is 18.9 Å². The summed E-state index contributed by atoms with van der Waals surface area (Å²) in [5, 5.41) is 0. The number of nitrogens with zero attached hydrogens (tertiary/aromatic N) is 1. The molecule has 1 aromatic carbocycles. The van der Waals surface area contributed by atoms with Crippen LogP contribution in [0, 0.1) is 5.82 Å². The van der Waals surface area contributed by atoms with Gasteiger partial charge in [0.1, 0.15) is 10.7 Å². The summed E-state index contributed by atoms with van der Waals surface area (Å²) in [4.78, 5) is -0.306. The Morgan fingerprint density at radius 2 is 2.06 bits per heavy atom. The summed E-state index contributed by atoms with van der Waals surface area (Å²) in [6.45, 7) is 2.35. The van der Waals surface area contributed by atoms with E-state index in [1.54, 1.807) is 0 Å². The largest absolute Gasteiger partial charge is 0.245 e. The zero-order valence-electron chi connectivity index (χ0n) is 10.5. The molecule has 0 spiro atoms. The van der Waals surface area contributed by atoms with Crippen LogP contribution in [0.3, 0.4) is 0 Å². The van der Waals surface area contributed by atoms with Crippen LogP contribution in [0.2, 0.25) is 0 Å². The highest BCUT2D eigenvalue weighted by molar-refractivity contribution is 7.89. The molecule has 0 N–H and O–H groups in total. The maximum atomic E-state index is 13.6. The number of hydrogen-bond donors (Lipinski definition) is 0. The number of rotatable bonds is 6. The first-order valence-corrected chi connectivity index (χ1v) is 7.71. The Labute approximate surface area is 113 Å². The van der Waals surface area contributed by atoms with Gasteiger partial charge in [0.05, 0.1) is 0 Å². The lowest BCUT2D eigenvalue weighted by atomic mass is 10.2. The highest BCUT2D eigenvalue weighted by Gasteiger charge is 2.24. The predicted molar refractivity (Wildman–Crippen MR) is 70.7 cm³/mol. The van der Waals surface area contributed by atoms with Crippen molar-refractivity contribution in [1.29, 1.82) is 0 Å². The lowest BCUT2D eigenvalue weighted by Crippen LogP contribution is -2.28. The van der Waals surface area contributed by atoms with E-state index in [1.165, 1.54) is 23.5 Å². The zero-order chi connectivity index (χ0) is 13.8. The van der Waals surface area contributed by atoms with Gasteiger partial charge in [-0.3, -0.25) is 0 Å². The summed E-state index contributed by atoms with van der Waals surface area (Å²) in [5.74, 6) is -0.589. The summed E-state index contributed by atoms with van der Waals surface area (Å²) in [5.41, 5.74) is 0.584. The number of sulfonamides is 1. The Kier molecular flexibility index (Phi) is 5.56. The van der Waals surface area contributed by atoms with E-state index in [9.17, 15) is 12.8 Å². The summed E-state index contributed by atoms with van der Waals surface area (Å²) < 4.78 is 39.1. The molecular formula is C12H17ClFNO2S. The fourth-order valence-electron chi connectivity index (χ4n) is 1.50. The lowest BCUT2D eigenvalue weighted by molar-refractivity contribution is 0.453. The second-order valence-corrected chi connectivity index (χ2v) is 6.36. The Morgan fingerprint density at radius 3 is 2.61 bits per heavy atom. The van der Waals surface area contributed by atoms with Gasteiger partial charge in [-0.15, -0.1) is 11.6 Å². The first kappa shape index (κ1) is 15.4. The average Bonchev–Trinajstić information content (AvgIpc) is 2.36. The molecule has 102 valence electrons. The summed E-state index contributed by atoms with van der Waals surface area (Å²) in [6.07, 6.45) is 1.62. The van der Waals surface area contributed by atoms with E-state index >= 15 is 0 Å². The van der Waals surface area contributed by atoms with E-state index in [1.807, 2.05) is 6.92 Å². The van der Waals surface area contributed by atoms with Crippen molar-refractivity contribution >= 4 is 21.6 Å². The van der Waals surface area contributed by atoms with Crippen LogP contribution >= 0.6 is 11.6 Å². The topological polar surface area (TPSA) is 37.4 Å². The Balaban J connectivity index is 3.11. The number of unbranched alkanes of at least 4 members (excludes halogenated alkanes) is 1. The van der Waals surface area contributed by atoms with Gasteiger partial charge in [0.2, 0.25) is 10.0 Å². The summed E-state index contributed by atoms with van der Waals surface area (Å²) in [6, 6.07) is 3.91. The molecule has 18 heavy (non-hydrogen) atoms. The summed E-state index contributed by atoms with van der Waals surface area (Å²) >= 11 is 5.63. The van der Waals surface area contributed by atoms with Crippen LogP contribution in [-0.2, 0) is 15.9 Å². The number of alkyl halides is 1. The third-order valence-corrected chi connectivity index (χ3v) is 4.85. The van der Waals surface area contributed by atoms with Gasteiger partial charge in [-0.1, -0.05) is 19.4 Å². The van der Waals surface area contributed by atoms with Crippen LogP contribution < -0.4 is 0 Å². The quantitative estimate of drug-likeness (QED) is 0.756. The van der Waals surface area contributed by atoms with Crippen LogP contribution in [0.4, 0.5) is 4.39 Å². The fraction of sp³-hybridized carbons (Fsp3) is 0.500. The molecule has 0 unspecified atom stereocenters. The zero-order valence-corrected chi connectivity index (χ0v) is 12.1. The minimum atomic E-state index is -3.77. The van der Waals surface area contributed by atoms with Gasteiger partial charge in [-0.05, 0) is 24.1 Å². The molecule has 0 aromatic heterocycles. The van der Waals surface area contributed by atoms with Crippen molar-refractivity contribution < 1.29 is 12.8 Å². The van der Waals surface area contributed by atoms with Gasteiger partial charge in [-0.25, -0.2) is 17.1 Å². The van der Waals surface area contributed by atoms with Crippen molar-refractivity contribution in [3.8, 4) is 0 Å². The smallest absolute Gasteiger partial charge is 0.207 e. The van der Waals surface area contributed by atoms with Crippen molar-refractivity contribution in [3.63, 3.8) is 0 Å². The first-order valence-electron chi connectivity index (χ1n) is 5.74. The number of benzene rings is 1. The van der Waals surface area contributed by atoms with Crippen molar-refractivity contribution in [3.05, 3.63) is 29.6 Å². The monoisotopic (exact) mass is 293 g/mol. The standard InChI is InChI=1S/C12H17ClFNO2S/c1-3-4-7-15(2)18(16,17)12-8-10(9-13)5-6-11(12)14/h5-6,8H,3-4,7,9H2,1-2H3. The molecule has 0 heterocycles. The van der Waals surface area contributed by atoms with Gasteiger partial charge in [-0.2, -0.15) is 0 Å². The fourth-order valence-corrected chi connectivity index (χ4v) is 2.98. The Morgan fingerprint density at radius 1 is 1.39 bits per heavy atom. The minimum absolute atomic E-state index is 0.154. The van der Waals surface area contributed by atoms with E-state index in [-0.39, 0.29) is 10.8 Å². The van der Waals surface area contributed by atoms with Crippen molar-refractivity contribution in [1.82, 2.24) is 4.31 Å². The van der Waals surface area contributed by atoms with Crippen LogP contribution in [0.5, 0.6) is 0 Å². The molecule has 3 nitrogen and oxygen atoms in total. The van der Waals surface area contributed by atoms with Gasteiger partial charge < -0.3 is 0 Å². The average molecular weight is 294 g/mol. The molecular weight excluding hydrogens is 277 g/mol. The molecule has 0 aliphatic carbocycles. The van der Waals surface area contributed by atoms with Crippen molar-refractivity contribution in [2.24, 2.45) is 0 Å². The van der Waals surface area contributed by atoms with E-state index in [4.69, 9.17) is 11.6 Å².